The maximum atomic E-state index is 13.4. The molecule has 0 saturated heterocycles. The molecule has 1 unspecified atom stereocenters. The lowest BCUT2D eigenvalue weighted by Crippen LogP contribution is -2.20. The molecular formula is C10H16FNO. The third kappa shape index (κ3) is 2.76. The predicted molar refractivity (Wildman–Crippen MR) is 50.7 cm³/mol. The van der Waals surface area contributed by atoms with Gasteiger partial charge in [-0.1, -0.05) is 0 Å². The van der Waals surface area contributed by atoms with Crippen LogP contribution in [0.2, 0.25) is 0 Å². The van der Waals surface area contributed by atoms with Crippen molar-refractivity contribution in [1.82, 2.24) is 4.90 Å². The van der Waals surface area contributed by atoms with Gasteiger partial charge in [-0.15, -0.1) is 0 Å². The van der Waals surface area contributed by atoms with E-state index in [-0.39, 0.29) is 11.9 Å². The van der Waals surface area contributed by atoms with Gasteiger partial charge in [0.2, 0.25) is 0 Å². The highest BCUT2D eigenvalue weighted by Gasteiger charge is 2.11. The zero-order valence-corrected chi connectivity index (χ0v) is 8.16. The van der Waals surface area contributed by atoms with Crippen molar-refractivity contribution in [2.75, 3.05) is 19.7 Å². The molecule has 0 fully saturated rings. The molecule has 2 nitrogen and oxygen atoms in total. The molecule has 0 aromatic carbocycles. The first-order valence-electron chi connectivity index (χ1n) is 4.68. The first-order chi connectivity index (χ1) is 6.27. The van der Waals surface area contributed by atoms with E-state index in [1.54, 1.807) is 17.2 Å². The summed E-state index contributed by atoms with van der Waals surface area (Å²) in [6.45, 7) is 5.86. The van der Waals surface area contributed by atoms with E-state index in [1.165, 1.54) is 0 Å². The average Bonchev–Trinajstić information content (AvgIpc) is 2.59. The fourth-order valence-electron chi connectivity index (χ4n) is 1.29. The Balaban J connectivity index is 2.52. The molecule has 0 N–H and O–H groups in total. The first-order valence-corrected chi connectivity index (χ1v) is 4.68. The third-order valence-electron chi connectivity index (χ3n) is 2.13. The molecule has 0 bridgehead atoms. The summed E-state index contributed by atoms with van der Waals surface area (Å²) in [7, 11) is 0. The van der Waals surface area contributed by atoms with Crippen molar-refractivity contribution in [2.45, 2.75) is 13.8 Å². The van der Waals surface area contributed by atoms with Crippen LogP contribution in [0.15, 0.2) is 24.4 Å². The van der Waals surface area contributed by atoms with Crippen molar-refractivity contribution in [1.29, 1.82) is 0 Å². The topological polar surface area (TPSA) is 12.5 Å². The predicted octanol–water partition coefficient (Wildman–Crippen LogP) is 2.30. The molecule has 0 radical (unpaired) electrons. The summed E-state index contributed by atoms with van der Waals surface area (Å²) < 4.78 is 18.4. The van der Waals surface area contributed by atoms with E-state index >= 15 is 0 Å². The van der Waals surface area contributed by atoms with Crippen molar-refractivity contribution < 1.29 is 9.13 Å². The van der Waals surface area contributed by atoms with E-state index in [1.807, 2.05) is 19.9 Å². The lowest BCUT2D eigenvalue weighted by molar-refractivity contribution is 0.254. The molecule has 1 aliphatic rings. The minimum atomic E-state index is -0.148. The molecule has 3 heteroatoms. The quantitative estimate of drug-likeness (QED) is 0.623. The number of nitrogens with zero attached hydrogens (tertiary/aromatic N) is 1. The maximum absolute atomic E-state index is 13.4. The van der Waals surface area contributed by atoms with Gasteiger partial charge in [0.05, 0.1) is 12.9 Å². The second-order valence-electron chi connectivity index (χ2n) is 2.99. The van der Waals surface area contributed by atoms with Crippen LogP contribution in [0.3, 0.4) is 0 Å². The molecule has 0 aromatic heterocycles. The molecule has 0 amide bonds. The highest BCUT2D eigenvalue weighted by Crippen LogP contribution is 2.15. The summed E-state index contributed by atoms with van der Waals surface area (Å²) in [4.78, 5) is 1.69. The van der Waals surface area contributed by atoms with E-state index < -0.39 is 0 Å². The summed E-state index contributed by atoms with van der Waals surface area (Å²) >= 11 is 0. The van der Waals surface area contributed by atoms with Crippen LogP contribution < -0.4 is 0 Å². The number of halogens is 1. The second kappa shape index (κ2) is 4.90. The molecule has 1 aliphatic heterocycles. The Kier molecular flexibility index (Phi) is 3.80. The minimum absolute atomic E-state index is 0.0978. The molecule has 0 aromatic rings. The maximum Gasteiger partial charge on any atom is 0.186 e. The SMILES string of the molecule is CCN(CC)/C(F)=C\C1C=COC1. The Morgan fingerprint density at radius 1 is 1.62 bits per heavy atom. The average molecular weight is 185 g/mol. The van der Waals surface area contributed by atoms with E-state index in [4.69, 9.17) is 4.74 Å². The zero-order valence-electron chi connectivity index (χ0n) is 8.16. The highest BCUT2D eigenvalue weighted by atomic mass is 19.1. The molecule has 74 valence electrons. The van der Waals surface area contributed by atoms with Crippen molar-refractivity contribution in [2.24, 2.45) is 5.92 Å². The van der Waals surface area contributed by atoms with E-state index in [9.17, 15) is 4.39 Å². The van der Waals surface area contributed by atoms with E-state index in [0.717, 1.165) is 0 Å². The normalized spacial score (nSPS) is 21.8. The van der Waals surface area contributed by atoms with Crippen LogP contribution in [-0.2, 0) is 4.74 Å². The molecular weight excluding hydrogens is 169 g/mol. The van der Waals surface area contributed by atoms with E-state index in [2.05, 4.69) is 0 Å². The number of hydrogen-bond donors (Lipinski definition) is 0. The monoisotopic (exact) mass is 185 g/mol. The Hall–Kier alpha value is -0.990. The van der Waals surface area contributed by atoms with Gasteiger partial charge in [0.1, 0.15) is 0 Å². The van der Waals surface area contributed by atoms with E-state index in [0.29, 0.717) is 19.7 Å². The van der Waals surface area contributed by atoms with Gasteiger partial charge in [0.15, 0.2) is 5.95 Å². The smallest absolute Gasteiger partial charge is 0.186 e. The van der Waals surface area contributed by atoms with Crippen LogP contribution in [0.1, 0.15) is 13.8 Å². The zero-order chi connectivity index (χ0) is 9.68. The van der Waals surface area contributed by atoms with Gasteiger partial charge >= 0.3 is 0 Å². The molecule has 1 heterocycles. The van der Waals surface area contributed by atoms with Crippen LogP contribution in [0.25, 0.3) is 0 Å². The van der Waals surface area contributed by atoms with Crippen LogP contribution >= 0.6 is 0 Å². The van der Waals surface area contributed by atoms with Crippen LogP contribution in [0.5, 0.6) is 0 Å². The van der Waals surface area contributed by atoms with Crippen molar-refractivity contribution in [3.63, 3.8) is 0 Å². The molecule has 13 heavy (non-hydrogen) atoms. The van der Waals surface area contributed by atoms with Gasteiger partial charge in [-0.25, -0.2) is 0 Å². The molecule has 1 rings (SSSR count). The summed E-state index contributed by atoms with van der Waals surface area (Å²) in [6, 6.07) is 0. The summed E-state index contributed by atoms with van der Waals surface area (Å²) in [6.07, 6.45) is 5.09. The van der Waals surface area contributed by atoms with Gasteiger partial charge in [0, 0.05) is 19.0 Å². The number of hydrogen-bond acceptors (Lipinski definition) is 2. The summed E-state index contributed by atoms with van der Waals surface area (Å²) in [5, 5.41) is 0. The Labute approximate surface area is 78.7 Å². The first kappa shape index (κ1) is 10.1. The lowest BCUT2D eigenvalue weighted by Gasteiger charge is -2.18. The van der Waals surface area contributed by atoms with Crippen LogP contribution in [-0.4, -0.2) is 24.6 Å². The molecule has 0 saturated carbocycles. The fourth-order valence-corrected chi connectivity index (χ4v) is 1.29. The Morgan fingerprint density at radius 3 is 2.77 bits per heavy atom. The molecule has 0 spiro atoms. The highest BCUT2D eigenvalue weighted by molar-refractivity contribution is 5.05. The van der Waals surface area contributed by atoms with Crippen molar-refractivity contribution in [3.05, 3.63) is 24.4 Å². The summed E-state index contributed by atoms with van der Waals surface area (Å²) in [5.74, 6) is -0.0502. The van der Waals surface area contributed by atoms with Crippen molar-refractivity contribution in [3.8, 4) is 0 Å². The fraction of sp³-hybridized carbons (Fsp3) is 0.600. The molecule has 1 atom stereocenters. The Bertz CT molecular complexity index is 209. The van der Waals surface area contributed by atoms with Gasteiger partial charge in [0.25, 0.3) is 0 Å². The standard InChI is InChI=1S/C10H16FNO/c1-3-12(4-2)10(11)7-9-5-6-13-8-9/h5-7,9H,3-4,8H2,1-2H3/b10-7-. The van der Waals surface area contributed by atoms with Gasteiger partial charge in [-0.05, 0) is 26.0 Å². The minimum Gasteiger partial charge on any atom is -0.501 e. The summed E-state index contributed by atoms with van der Waals surface area (Å²) in [5.41, 5.74) is 0. The number of rotatable bonds is 4. The second-order valence-corrected chi connectivity index (χ2v) is 2.99. The Morgan fingerprint density at radius 2 is 2.31 bits per heavy atom. The van der Waals surface area contributed by atoms with Gasteiger partial charge in [-0.2, -0.15) is 4.39 Å². The van der Waals surface area contributed by atoms with Crippen LogP contribution in [0, 0.1) is 5.92 Å². The van der Waals surface area contributed by atoms with Crippen LogP contribution in [0.4, 0.5) is 4.39 Å². The third-order valence-corrected chi connectivity index (χ3v) is 2.13. The lowest BCUT2D eigenvalue weighted by atomic mass is 10.2. The number of ether oxygens (including phenoxy) is 1. The van der Waals surface area contributed by atoms with Gasteiger partial charge < -0.3 is 9.64 Å². The largest absolute Gasteiger partial charge is 0.501 e. The van der Waals surface area contributed by atoms with Gasteiger partial charge in [-0.3, -0.25) is 0 Å². The molecule has 0 aliphatic carbocycles. The van der Waals surface area contributed by atoms with Crippen molar-refractivity contribution >= 4 is 0 Å².